The highest BCUT2D eigenvalue weighted by Crippen LogP contribution is 2.26. The number of benzene rings is 1. The van der Waals surface area contributed by atoms with Crippen molar-refractivity contribution in [1.82, 2.24) is 25.1 Å². The number of carbonyl (C=O) groups is 1. The Morgan fingerprint density at radius 2 is 2.07 bits per heavy atom. The van der Waals surface area contributed by atoms with E-state index >= 15 is 0 Å². The number of aromatic nitrogens is 4. The van der Waals surface area contributed by atoms with Crippen molar-refractivity contribution in [3.63, 3.8) is 0 Å². The average molecular weight is 366 g/mol. The molecule has 0 aliphatic rings. The lowest BCUT2D eigenvalue weighted by Gasteiger charge is -2.07. The summed E-state index contributed by atoms with van der Waals surface area (Å²) < 4.78 is 20.4. The Labute approximate surface area is 152 Å². The average Bonchev–Trinajstić information content (AvgIpc) is 3.31. The molecule has 1 aromatic carbocycles. The number of carbonyl (C=O) groups excluding carboxylic acids is 1. The van der Waals surface area contributed by atoms with Gasteiger partial charge in [-0.15, -0.1) is 0 Å². The molecule has 0 unspecified atom stereocenters. The Hall–Kier alpha value is -3.75. The van der Waals surface area contributed by atoms with E-state index in [0.717, 1.165) is 0 Å². The Balaban J connectivity index is 1.56. The van der Waals surface area contributed by atoms with Gasteiger partial charge in [0.15, 0.2) is 11.4 Å². The van der Waals surface area contributed by atoms with Crippen LogP contribution in [0.4, 0.5) is 10.3 Å². The number of nitrogens with zero attached hydrogens (tertiary/aromatic N) is 4. The number of furan rings is 1. The van der Waals surface area contributed by atoms with Gasteiger partial charge in [-0.1, -0.05) is 18.2 Å². The van der Waals surface area contributed by atoms with Gasteiger partial charge in [0.2, 0.25) is 11.9 Å². The molecule has 9 heteroatoms. The number of nitrogens with one attached hydrogen (secondary N) is 1. The number of hydrogen-bond donors (Lipinski definition) is 2. The van der Waals surface area contributed by atoms with Crippen LogP contribution in [0.1, 0.15) is 5.56 Å². The molecule has 8 nitrogen and oxygen atoms in total. The van der Waals surface area contributed by atoms with Crippen LogP contribution in [0.15, 0.2) is 53.3 Å². The first-order chi connectivity index (χ1) is 13.1. The van der Waals surface area contributed by atoms with E-state index in [9.17, 15) is 9.18 Å². The van der Waals surface area contributed by atoms with Crippen molar-refractivity contribution in [2.45, 2.75) is 13.1 Å². The molecule has 0 radical (unpaired) electrons. The quantitative estimate of drug-likeness (QED) is 0.560. The maximum Gasteiger partial charge on any atom is 0.242 e. The third kappa shape index (κ3) is 3.34. The van der Waals surface area contributed by atoms with Crippen LogP contribution >= 0.6 is 0 Å². The topological polar surface area (TPSA) is 112 Å². The van der Waals surface area contributed by atoms with Gasteiger partial charge in [0.25, 0.3) is 0 Å². The zero-order valence-electron chi connectivity index (χ0n) is 14.1. The number of fused-ring (bicyclic) bond motifs is 1. The largest absolute Gasteiger partial charge is 0.463 e. The number of hydrogen-bond acceptors (Lipinski definition) is 6. The summed E-state index contributed by atoms with van der Waals surface area (Å²) in [6.45, 7) is -0.00846. The zero-order valence-corrected chi connectivity index (χ0v) is 14.1. The van der Waals surface area contributed by atoms with Crippen LogP contribution in [0.3, 0.4) is 0 Å². The number of halogens is 1. The van der Waals surface area contributed by atoms with E-state index in [4.69, 9.17) is 10.2 Å². The van der Waals surface area contributed by atoms with Crippen molar-refractivity contribution in [2.24, 2.45) is 0 Å². The smallest absolute Gasteiger partial charge is 0.242 e. The zero-order chi connectivity index (χ0) is 18.8. The van der Waals surface area contributed by atoms with Crippen molar-refractivity contribution in [2.75, 3.05) is 5.73 Å². The molecule has 0 saturated carbocycles. The second kappa shape index (κ2) is 6.87. The highest BCUT2D eigenvalue weighted by atomic mass is 19.1. The van der Waals surface area contributed by atoms with E-state index in [0.29, 0.717) is 28.1 Å². The number of rotatable bonds is 5. The van der Waals surface area contributed by atoms with Gasteiger partial charge in [-0.3, -0.25) is 4.79 Å². The van der Waals surface area contributed by atoms with Gasteiger partial charge in [-0.05, 0) is 18.2 Å². The molecule has 3 N–H and O–H groups in total. The minimum Gasteiger partial charge on any atom is -0.463 e. The molecule has 27 heavy (non-hydrogen) atoms. The fraction of sp³-hybridized carbons (Fsp3) is 0.111. The molecular weight excluding hydrogens is 351 g/mol. The van der Waals surface area contributed by atoms with Crippen LogP contribution in [0.25, 0.3) is 22.5 Å². The third-order valence-electron chi connectivity index (χ3n) is 4.00. The fourth-order valence-electron chi connectivity index (χ4n) is 2.72. The van der Waals surface area contributed by atoms with Gasteiger partial charge in [0, 0.05) is 12.1 Å². The van der Waals surface area contributed by atoms with Gasteiger partial charge in [-0.2, -0.15) is 10.1 Å². The van der Waals surface area contributed by atoms with Crippen molar-refractivity contribution in [3.8, 4) is 11.5 Å². The molecule has 4 aromatic rings. The van der Waals surface area contributed by atoms with E-state index in [2.05, 4.69) is 20.4 Å². The van der Waals surface area contributed by atoms with Crippen LogP contribution < -0.4 is 11.1 Å². The molecule has 3 heterocycles. The molecule has 1 amide bonds. The Morgan fingerprint density at radius 1 is 1.22 bits per heavy atom. The molecule has 0 aliphatic carbocycles. The monoisotopic (exact) mass is 366 g/mol. The summed E-state index contributed by atoms with van der Waals surface area (Å²) in [6.07, 6.45) is 3.08. The van der Waals surface area contributed by atoms with Crippen molar-refractivity contribution >= 4 is 22.9 Å². The Kier molecular flexibility index (Phi) is 4.25. The normalized spacial score (nSPS) is 11.0. The minimum atomic E-state index is -0.369. The molecule has 0 atom stereocenters. The SMILES string of the molecule is Nc1nc(-c2ccco2)c2cnn(CC(=O)NCc3ccccc3F)c2n1. The Morgan fingerprint density at radius 3 is 2.85 bits per heavy atom. The van der Waals surface area contributed by atoms with Gasteiger partial charge in [0.05, 0.1) is 17.8 Å². The first-order valence-electron chi connectivity index (χ1n) is 8.15. The fourth-order valence-corrected chi connectivity index (χ4v) is 2.72. The lowest BCUT2D eigenvalue weighted by Crippen LogP contribution is -2.28. The molecular formula is C18H15FN6O2. The summed E-state index contributed by atoms with van der Waals surface area (Å²) in [6, 6.07) is 9.75. The van der Waals surface area contributed by atoms with Crippen molar-refractivity contribution in [3.05, 3.63) is 60.2 Å². The standard InChI is InChI=1S/C18H15FN6O2/c19-13-5-2-1-4-11(13)8-21-15(26)10-25-17-12(9-22-25)16(23-18(20)24-17)14-6-3-7-27-14/h1-7,9H,8,10H2,(H,21,26)(H2,20,23,24). The predicted molar refractivity (Wildman–Crippen MR) is 95.7 cm³/mol. The second-order valence-corrected chi connectivity index (χ2v) is 5.82. The van der Waals surface area contributed by atoms with E-state index in [-0.39, 0.29) is 30.8 Å². The lowest BCUT2D eigenvalue weighted by atomic mass is 10.2. The molecule has 0 aliphatic heterocycles. The molecule has 136 valence electrons. The van der Waals surface area contributed by atoms with E-state index in [1.807, 2.05) is 0 Å². The highest BCUT2D eigenvalue weighted by molar-refractivity contribution is 5.90. The molecule has 0 saturated heterocycles. The molecule has 0 fully saturated rings. The maximum absolute atomic E-state index is 13.6. The van der Waals surface area contributed by atoms with E-state index in [1.54, 1.807) is 36.5 Å². The summed E-state index contributed by atoms with van der Waals surface area (Å²) in [7, 11) is 0. The van der Waals surface area contributed by atoms with Gasteiger partial charge in [-0.25, -0.2) is 14.1 Å². The number of nitrogens with two attached hydrogens (primary N) is 1. The minimum absolute atomic E-state index is 0.0439. The van der Waals surface area contributed by atoms with Crippen molar-refractivity contribution in [1.29, 1.82) is 0 Å². The highest BCUT2D eigenvalue weighted by Gasteiger charge is 2.16. The van der Waals surface area contributed by atoms with Gasteiger partial charge in [0.1, 0.15) is 18.1 Å². The summed E-state index contributed by atoms with van der Waals surface area (Å²) >= 11 is 0. The second-order valence-electron chi connectivity index (χ2n) is 5.82. The van der Waals surface area contributed by atoms with Crippen molar-refractivity contribution < 1.29 is 13.6 Å². The molecule has 3 aromatic heterocycles. The summed E-state index contributed by atoms with van der Waals surface area (Å²) in [5.74, 6) is -0.133. The lowest BCUT2D eigenvalue weighted by molar-refractivity contribution is -0.121. The molecule has 4 rings (SSSR count). The van der Waals surface area contributed by atoms with Crippen LogP contribution in [-0.2, 0) is 17.9 Å². The summed E-state index contributed by atoms with van der Waals surface area (Å²) in [4.78, 5) is 20.6. The van der Waals surface area contributed by atoms with Crippen LogP contribution in [0.5, 0.6) is 0 Å². The van der Waals surface area contributed by atoms with Crippen LogP contribution in [0, 0.1) is 5.82 Å². The van der Waals surface area contributed by atoms with E-state index in [1.165, 1.54) is 17.0 Å². The maximum atomic E-state index is 13.6. The van der Waals surface area contributed by atoms with Crippen LogP contribution in [-0.4, -0.2) is 25.7 Å². The number of amides is 1. The first kappa shape index (κ1) is 16.7. The summed E-state index contributed by atoms with van der Waals surface area (Å²) in [5, 5.41) is 7.48. The van der Waals surface area contributed by atoms with E-state index < -0.39 is 0 Å². The van der Waals surface area contributed by atoms with Gasteiger partial charge < -0.3 is 15.5 Å². The molecule has 0 bridgehead atoms. The third-order valence-corrected chi connectivity index (χ3v) is 4.00. The number of anilines is 1. The Bertz CT molecular complexity index is 1110. The molecule has 0 spiro atoms. The number of nitrogen functional groups attached to an aromatic ring is 1. The predicted octanol–water partition coefficient (Wildman–Crippen LogP) is 2.12. The first-order valence-corrected chi connectivity index (χ1v) is 8.15. The van der Waals surface area contributed by atoms with Crippen LogP contribution in [0.2, 0.25) is 0 Å². The summed E-state index contributed by atoms with van der Waals surface area (Å²) in [5.41, 5.74) is 7.11. The van der Waals surface area contributed by atoms with Gasteiger partial charge >= 0.3 is 0 Å².